The Morgan fingerprint density at radius 1 is 0.254 bits per heavy atom. The molecule has 0 saturated heterocycles. The molecule has 0 aliphatic heterocycles. The molecule has 5 nitrogen and oxygen atoms in total. The van der Waals surface area contributed by atoms with E-state index in [-0.39, 0.29) is 6.61 Å². The van der Waals surface area contributed by atoms with Crippen molar-refractivity contribution in [1.29, 1.82) is 0 Å². The molecule has 0 unspecified atom stereocenters. The SMILES string of the molecule is Cc1cccc(N(c2ccccc2)c2ccc(N(c3ccc(N(c4ccccc4)c4cccc(C)c4)cc3)c3ccc(N(c4ccc(CO)cc4)c4cccc(C)c4)cc3)cc2)c1. The molecular weight excluding hydrogens is 769 g/mol. The molecule has 0 spiro atoms. The topological polar surface area (TPSA) is 33.2 Å². The standard InChI is InChI=1S/C58H50N4O/c1-43-13-10-20-56(39-43)60(47-16-6-4-7-17-47)53-33-27-50(28-34-53)59(51-29-35-54(36-30-51)61(48-18-8-5-9-19-48)57-21-11-14-44(2)40-57)52-31-37-55(38-32-52)62(58-22-12-15-45(3)41-58)49-25-23-46(42-63)24-26-49/h4-41,63H,42H2,1-3H3. The molecule has 0 atom stereocenters. The van der Waals surface area contributed by atoms with Crippen LogP contribution in [0.15, 0.2) is 231 Å². The van der Waals surface area contributed by atoms with Crippen LogP contribution >= 0.6 is 0 Å². The van der Waals surface area contributed by atoms with Crippen LogP contribution in [0.5, 0.6) is 0 Å². The Morgan fingerprint density at radius 3 is 0.730 bits per heavy atom. The fourth-order valence-electron chi connectivity index (χ4n) is 8.25. The minimum absolute atomic E-state index is 0.00361. The molecule has 0 amide bonds. The van der Waals surface area contributed by atoms with Gasteiger partial charge >= 0.3 is 0 Å². The van der Waals surface area contributed by atoms with E-state index in [1.54, 1.807) is 0 Å². The molecule has 63 heavy (non-hydrogen) atoms. The Morgan fingerprint density at radius 2 is 0.476 bits per heavy atom. The van der Waals surface area contributed by atoms with Gasteiger partial charge in [-0.2, -0.15) is 0 Å². The first-order valence-electron chi connectivity index (χ1n) is 21.4. The van der Waals surface area contributed by atoms with Crippen molar-refractivity contribution in [3.05, 3.63) is 253 Å². The molecule has 0 saturated carbocycles. The second kappa shape index (κ2) is 18.4. The largest absolute Gasteiger partial charge is 0.392 e. The lowest BCUT2D eigenvalue weighted by molar-refractivity contribution is 0.282. The van der Waals surface area contributed by atoms with Gasteiger partial charge in [0.05, 0.1) is 6.61 Å². The van der Waals surface area contributed by atoms with Crippen LogP contribution in [-0.2, 0) is 6.61 Å². The second-order valence-electron chi connectivity index (χ2n) is 15.9. The van der Waals surface area contributed by atoms with E-state index in [1.807, 2.05) is 12.1 Å². The highest BCUT2D eigenvalue weighted by Gasteiger charge is 2.20. The zero-order valence-electron chi connectivity index (χ0n) is 35.9. The Bertz CT molecular complexity index is 2760. The van der Waals surface area contributed by atoms with Crippen LogP contribution in [0, 0.1) is 20.8 Å². The summed E-state index contributed by atoms with van der Waals surface area (Å²) in [7, 11) is 0. The molecule has 9 rings (SSSR count). The smallest absolute Gasteiger partial charge is 0.0681 e. The van der Waals surface area contributed by atoms with Gasteiger partial charge in [-0.1, -0.05) is 84.9 Å². The number of para-hydroxylation sites is 2. The number of aliphatic hydroxyl groups is 1. The summed E-state index contributed by atoms with van der Waals surface area (Å²) >= 11 is 0. The number of nitrogens with zero attached hydrogens (tertiary/aromatic N) is 4. The van der Waals surface area contributed by atoms with Crippen LogP contribution in [-0.4, -0.2) is 5.11 Å². The van der Waals surface area contributed by atoms with E-state index in [0.29, 0.717) is 0 Å². The molecule has 0 aromatic heterocycles. The van der Waals surface area contributed by atoms with Crippen molar-refractivity contribution in [3.63, 3.8) is 0 Å². The maximum atomic E-state index is 9.80. The van der Waals surface area contributed by atoms with Gasteiger partial charge in [0.25, 0.3) is 0 Å². The van der Waals surface area contributed by atoms with Crippen molar-refractivity contribution in [2.45, 2.75) is 27.4 Å². The van der Waals surface area contributed by atoms with Gasteiger partial charge in [-0.15, -0.1) is 0 Å². The number of hydrogen-bond donors (Lipinski definition) is 1. The summed E-state index contributed by atoms with van der Waals surface area (Å²) in [6, 6.07) is 81.6. The van der Waals surface area contributed by atoms with E-state index >= 15 is 0 Å². The summed E-state index contributed by atoms with van der Waals surface area (Å²) < 4.78 is 0. The van der Waals surface area contributed by atoms with Gasteiger partial charge in [-0.25, -0.2) is 0 Å². The highest BCUT2D eigenvalue weighted by molar-refractivity contribution is 5.85. The zero-order valence-corrected chi connectivity index (χ0v) is 35.9. The van der Waals surface area contributed by atoms with E-state index in [1.165, 1.54) is 16.7 Å². The van der Waals surface area contributed by atoms with Crippen LogP contribution < -0.4 is 19.6 Å². The fraction of sp³-hybridized carbons (Fsp3) is 0.0690. The fourth-order valence-corrected chi connectivity index (χ4v) is 8.25. The molecule has 308 valence electrons. The lowest BCUT2D eigenvalue weighted by Crippen LogP contribution is -2.14. The van der Waals surface area contributed by atoms with E-state index < -0.39 is 0 Å². The molecule has 5 heteroatoms. The third-order valence-electron chi connectivity index (χ3n) is 11.3. The minimum atomic E-state index is 0.00361. The molecular formula is C58H50N4O. The maximum Gasteiger partial charge on any atom is 0.0681 e. The monoisotopic (exact) mass is 818 g/mol. The zero-order chi connectivity index (χ0) is 43.1. The molecule has 0 bridgehead atoms. The quantitative estimate of drug-likeness (QED) is 0.125. The molecule has 0 radical (unpaired) electrons. The molecule has 1 N–H and O–H groups in total. The first kappa shape index (κ1) is 40.5. The predicted octanol–water partition coefficient (Wildman–Crippen LogP) is 16.0. The number of benzene rings is 9. The highest BCUT2D eigenvalue weighted by Crippen LogP contribution is 2.43. The van der Waals surface area contributed by atoms with Gasteiger partial charge in [0.15, 0.2) is 0 Å². The van der Waals surface area contributed by atoms with Crippen molar-refractivity contribution < 1.29 is 5.11 Å². The number of rotatable bonds is 13. The van der Waals surface area contributed by atoms with Crippen molar-refractivity contribution in [2.24, 2.45) is 0 Å². The maximum absolute atomic E-state index is 9.80. The lowest BCUT2D eigenvalue weighted by atomic mass is 10.1. The number of aryl methyl sites for hydroxylation is 3. The molecule has 0 fully saturated rings. The van der Waals surface area contributed by atoms with Gasteiger partial charge in [0.2, 0.25) is 0 Å². The summed E-state index contributed by atoms with van der Waals surface area (Å²) in [6.07, 6.45) is 0. The normalized spacial score (nSPS) is 10.9. The molecule has 0 aliphatic carbocycles. The van der Waals surface area contributed by atoms with Crippen molar-refractivity contribution >= 4 is 68.2 Å². The van der Waals surface area contributed by atoms with E-state index in [4.69, 9.17) is 0 Å². The minimum Gasteiger partial charge on any atom is -0.392 e. The van der Waals surface area contributed by atoms with E-state index in [2.05, 4.69) is 259 Å². The summed E-state index contributed by atoms with van der Waals surface area (Å²) in [4.78, 5) is 9.20. The van der Waals surface area contributed by atoms with Crippen LogP contribution in [0.2, 0.25) is 0 Å². The Labute approximate surface area is 371 Å². The molecule has 9 aromatic rings. The summed E-state index contributed by atoms with van der Waals surface area (Å²) in [5, 5.41) is 9.80. The third-order valence-corrected chi connectivity index (χ3v) is 11.3. The molecule has 0 aliphatic rings. The second-order valence-corrected chi connectivity index (χ2v) is 15.9. The molecule has 9 aromatic carbocycles. The lowest BCUT2D eigenvalue weighted by Gasteiger charge is -2.30. The van der Waals surface area contributed by atoms with Gasteiger partial charge < -0.3 is 24.7 Å². The summed E-state index contributed by atoms with van der Waals surface area (Å²) in [5.74, 6) is 0. The average molecular weight is 819 g/mol. The van der Waals surface area contributed by atoms with Crippen molar-refractivity contribution in [3.8, 4) is 0 Å². The number of aliphatic hydroxyl groups excluding tert-OH is 1. The number of hydrogen-bond acceptors (Lipinski definition) is 5. The first-order valence-corrected chi connectivity index (χ1v) is 21.4. The predicted molar refractivity (Wildman–Crippen MR) is 265 cm³/mol. The van der Waals surface area contributed by atoms with Gasteiger partial charge in [0.1, 0.15) is 0 Å². The van der Waals surface area contributed by atoms with Gasteiger partial charge in [-0.3, -0.25) is 0 Å². The average Bonchev–Trinajstić information content (AvgIpc) is 3.32. The summed E-state index contributed by atoms with van der Waals surface area (Å²) in [5.41, 5.74) is 17.2. The Kier molecular flexibility index (Phi) is 11.8. The van der Waals surface area contributed by atoms with Crippen LogP contribution in [0.4, 0.5) is 68.2 Å². The first-order chi connectivity index (χ1) is 30.9. The molecule has 0 heterocycles. The Hall–Kier alpha value is -7.86. The van der Waals surface area contributed by atoms with E-state index in [0.717, 1.165) is 73.8 Å². The number of anilines is 12. The van der Waals surface area contributed by atoms with Gasteiger partial charge in [0, 0.05) is 68.2 Å². The van der Waals surface area contributed by atoms with Gasteiger partial charge in [-0.05, 0) is 189 Å². The third kappa shape index (κ3) is 8.96. The van der Waals surface area contributed by atoms with Crippen molar-refractivity contribution in [1.82, 2.24) is 0 Å². The van der Waals surface area contributed by atoms with E-state index in [9.17, 15) is 5.11 Å². The van der Waals surface area contributed by atoms with Crippen LogP contribution in [0.25, 0.3) is 0 Å². The van der Waals surface area contributed by atoms with Crippen molar-refractivity contribution in [2.75, 3.05) is 19.6 Å². The highest BCUT2D eigenvalue weighted by atomic mass is 16.3. The summed E-state index contributed by atoms with van der Waals surface area (Å²) in [6.45, 7) is 6.39. The van der Waals surface area contributed by atoms with Crippen LogP contribution in [0.1, 0.15) is 22.3 Å². The Balaban J connectivity index is 1.14. The van der Waals surface area contributed by atoms with Crippen LogP contribution in [0.3, 0.4) is 0 Å².